The molecule has 0 aliphatic heterocycles. The SMILES string of the molecule is C[C@@H](N)[C@@H]1CCC[C@@H]1P(c1ccccc1)c1ccccc1. The summed E-state index contributed by atoms with van der Waals surface area (Å²) in [5.74, 6) is 0.663. The van der Waals surface area contributed by atoms with Crippen LogP contribution in [0.4, 0.5) is 0 Å². The zero-order chi connectivity index (χ0) is 14.7. The molecule has 3 rings (SSSR count). The molecule has 0 bridgehead atoms. The Morgan fingerprint density at radius 2 is 1.43 bits per heavy atom. The predicted octanol–water partition coefficient (Wildman–Crippen LogP) is 3.64. The van der Waals surface area contributed by atoms with Gasteiger partial charge < -0.3 is 5.73 Å². The minimum atomic E-state index is -0.304. The first-order valence-electron chi connectivity index (χ1n) is 7.92. The third kappa shape index (κ3) is 3.20. The number of benzene rings is 2. The van der Waals surface area contributed by atoms with Crippen molar-refractivity contribution in [1.82, 2.24) is 0 Å². The fourth-order valence-corrected chi connectivity index (χ4v) is 6.91. The van der Waals surface area contributed by atoms with Gasteiger partial charge in [0.05, 0.1) is 0 Å². The molecule has 0 unspecified atom stereocenters. The van der Waals surface area contributed by atoms with Crippen molar-refractivity contribution in [2.24, 2.45) is 11.7 Å². The molecule has 1 saturated carbocycles. The van der Waals surface area contributed by atoms with Crippen molar-refractivity contribution in [3.63, 3.8) is 0 Å². The molecule has 0 amide bonds. The van der Waals surface area contributed by atoms with E-state index in [9.17, 15) is 0 Å². The summed E-state index contributed by atoms with van der Waals surface area (Å²) in [6.45, 7) is 2.19. The minimum absolute atomic E-state index is 0.301. The van der Waals surface area contributed by atoms with Gasteiger partial charge in [0.25, 0.3) is 0 Å². The second kappa shape index (κ2) is 6.73. The monoisotopic (exact) mass is 297 g/mol. The fourth-order valence-electron chi connectivity index (χ4n) is 3.61. The van der Waals surface area contributed by atoms with Gasteiger partial charge in [-0.1, -0.05) is 67.1 Å². The molecule has 1 fully saturated rings. The molecule has 0 saturated heterocycles. The van der Waals surface area contributed by atoms with Crippen LogP contribution in [0.15, 0.2) is 60.7 Å². The number of hydrogen-bond acceptors (Lipinski definition) is 1. The zero-order valence-corrected chi connectivity index (χ0v) is 13.5. The Hall–Kier alpha value is -1.17. The first-order chi connectivity index (χ1) is 10.3. The Morgan fingerprint density at radius 3 is 1.90 bits per heavy atom. The molecule has 2 aromatic rings. The highest BCUT2D eigenvalue weighted by atomic mass is 31.1. The normalized spacial score (nSPS) is 23.4. The zero-order valence-electron chi connectivity index (χ0n) is 12.7. The molecule has 0 heterocycles. The number of rotatable bonds is 4. The lowest BCUT2D eigenvalue weighted by Gasteiger charge is -2.32. The second-order valence-corrected chi connectivity index (χ2v) is 8.50. The average molecular weight is 297 g/mol. The summed E-state index contributed by atoms with van der Waals surface area (Å²) in [6, 6.07) is 22.4. The molecule has 110 valence electrons. The number of nitrogens with two attached hydrogens (primary N) is 1. The van der Waals surface area contributed by atoms with Crippen LogP contribution in [0.5, 0.6) is 0 Å². The maximum absolute atomic E-state index is 6.29. The summed E-state index contributed by atoms with van der Waals surface area (Å²) in [5.41, 5.74) is 7.02. The Bertz CT molecular complexity index is 513. The highest BCUT2D eigenvalue weighted by Gasteiger charge is 2.36. The first kappa shape index (κ1) is 14.8. The smallest absolute Gasteiger partial charge is 0.00450 e. The van der Waals surface area contributed by atoms with Crippen LogP contribution >= 0.6 is 7.92 Å². The summed E-state index contributed by atoms with van der Waals surface area (Å²) in [4.78, 5) is 0. The van der Waals surface area contributed by atoms with Crippen molar-refractivity contribution >= 4 is 18.5 Å². The van der Waals surface area contributed by atoms with Gasteiger partial charge in [0.1, 0.15) is 0 Å². The van der Waals surface area contributed by atoms with Gasteiger partial charge in [-0.2, -0.15) is 0 Å². The summed E-state index contributed by atoms with van der Waals surface area (Å²) in [6.07, 6.45) is 3.94. The van der Waals surface area contributed by atoms with Crippen LogP contribution < -0.4 is 16.3 Å². The van der Waals surface area contributed by atoms with Crippen LogP contribution in [0.25, 0.3) is 0 Å². The molecule has 21 heavy (non-hydrogen) atoms. The number of hydrogen-bond donors (Lipinski definition) is 1. The lowest BCUT2D eigenvalue weighted by atomic mass is 10.0. The molecular weight excluding hydrogens is 273 g/mol. The lowest BCUT2D eigenvalue weighted by molar-refractivity contribution is 0.465. The van der Waals surface area contributed by atoms with E-state index in [4.69, 9.17) is 5.73 Å². The van der Waals surface area contributed by atoms with Gasteiger partial charge in [0.15, 0.2) is 0 Å². The van der Waals surface area contributed by atoms with Gasteiger partial charge in [-0.15, -0.1) is 0 Å². The fraction of sp³-hybridized carbons (Fsp3) is 0.368. The van der Waals surface area contributed by atoms with Gasteiger partial charge in [0, 0.05) is 6.04 Å². The van der Waals surface area contributed by atoms with Gasteiger partial charge >= 0.3 is 0 Å². The van der Waals surface area contributed by atoms with Gasteiger partial charge in [0.2, 0.25) is 0 Å². The summed E-state index contributed by atoms with van der Waals surface area (Å²) in [5, 5.41) is 2.99. The van der Waals surface area contributed by atoms with Crippen LogP contribution in [0.2, 0.25) is 0 Å². The van der Waals surface area contributed by atoms with E-state index in [1.165, 1.54) is 29.9 Å². The molecule has 2 aromatic carbocycles. The van der Waals surface area contributed by atoms with Gasteiger partial charge in [-0.25, -0.2) is 0 Å². The topological polar surface area (TPSA) is 26.0 Å². The van der Waals surface area contributed by atoms with Crippen molar-refractivity contribution in [2.45, 2.75) is 37.9 Å². The minimum Gasteiger partial charge on any atom is -0.328 e. The van der Waals surface area contributed by atoms with Crippen LogP contribution in [-0.4, -0.2) is 11.7 Å². The van der Waals surface area contributed by atoms with Crippen molar-refractivity contribution in [2.75, 3.05) is 0 Å². The van der Waals surface area contributed by atoms with Gasteiger partial charge in [-0.05, 0) is 49.9 Å². The van der Waals surface area contributed by atoms with E-state index in [0.29, 0.717) is 12.0 Å². The van der Waals surface area contributed by atoms with Crippen LogP contribution in [0.1, 0.15) is 26.2 Å². The quantitative estimate of drug-likeness (QED) is 0.857. The van der Waals surface area contributed by atoms with Crippen molar-refractivity contribution < 1.29 is 0 Å². The summed E-state index contributed by atoms with van der Waals surface area (Å²) in [7, 11) is -0.304. The van der Waals surface area contributed by atoms with Crippen LogP contribution in [-0.2, 0) is 0 Å². The first-order valence-corrected chi connectivity index (χ1v) is 9.33. The molecule has 0 radical (unpaired) electrons. The van der Waals surface area contributed by atoms with E-state index in [0.717, 1.165) is 5.66 Å². The summed E-state index contributed by atoms with van der Waals surface area (Å²) >= 11 is 0. The molecule has 1 aliphatic carbocycles. The standard InChI is InChI=1S/C19H24NP/c1-15(20)18-13-8-14-19(18)21(16-9-4-2-5-10-16)17-11-6-3-7-12-17/h2-7,9-12,15,18-19H,8,13-14,20H2,1H3/t15-,18+,19+/m1/s1. The maximum atomic E-state index is 6.29. The molecule has 2 N–H and O–H groups in total. The average Bonchev–Trinajstić information content (AvgIpc) is 2.99. The Kier molecular flexibility index (Phi) is 4.73. The van der Waals surface area contributed by atoms with Crippen molar-refractivity contribution in [1.29, 1.82) is 0 Å². The Balaban J connectivity index is 2.01. The van der Waals surface area contributed by atoms with Gasteiger partial charge in [-0.3, -0.25) is 0 Å². The van der Waals surface area contributed by atoms with Crippen LogP contribution in [0, 0.1) is 5.92 Å². The lowest BCUT2D eigenvalue weighted by Crippen LogP contribution is -2.34. The van der Waals surface area contributed by atoms with Crippen molar-refractivity contribution in [3.05, 3.63) is 60.7 Å². The molecular formula is C19H24NP. The van der Waals surface area contributed by atoms with E-state index in [1.54, 1.807) is 0 Å². The van der Waals surface area contributed by atoms with E-state index >= 15 is 0 Å². The molecule has 0 aromatic heterocycles. The van der Waals surface area contributed by atoms with E-state index in [2.05, 4.69) is 67.6 Å². The third-order valence-corrected chi connectivity index (χ3v) is 7.62. The maximum Gasteiger partial charge on any atom is 0.00450 e. The van der Waals surface area contributed by atoms with E-state index in [1.807, 2.05) is 0 Å². The Morgan fingerprint density at radius 1 is 0.905 bits per heavy atom. The van der Waals surface area contributed by atoms with Crippen LogP contribution in [0.3, 0.4) is 0 Å². The predicted molar refractivity (Wildman–Crippen MR) is 93.9 cm³/mol. The highest BCUT2D eigenvalue weighted by molar-refractivity contribution is 7.73. The largest absolute Gasteiger partial charge is 0.328 e. The Labute approximate surface area is 129 Å². The third-order valence-electron chi connectivity index (χ3n) is 4.61. The second-order valence-electron chi connectivity index (χ2n) is 6.06. The molecule has 0 spiro atoms. The molecule has 1 nitrogen and oxygen atoms in total. The molecule has 2 heteroatoms. The van der Waals surface area contributed by atoms with E-state index < -0.39 is 0 Å². The highest BCUT2D eigenvalue weighted by Crippen LogP contribution is 2.50. The summed E-state index contributed by atoms with van der Waals surface area (Å²) < 4.78 is 0. The van der Waals surface area contributed by atoms with Crippen molar-refractivity contribution in [3.8, 4) is 0 Å². The molecule has 3 atom stereocenters. The molecule has 1 aliphatic rings. The van der Waals surface area contributed by atoms with E-state index in [-0.39, 0.29) is 7.92 Å².